The molecular weight excluding hydrogens is 232 g/mol. The van der Waals surface area contributed by atoms with Crippen LogP contribution in [0.3, 0.4) is 0 Å². The second-order valence-electron chi connectivity index (χ2n) is 4.32. The summed E-state index contributed by atoms with van der Waals surface area (Å²) in [5.74, 6) is 0.859. The van der Waals surface area contributed by atoms with Crippen LogP contribution in [0.25, 0.3) is 0 Å². The summed E-state index contributed by atoms with van der Waals surface area (Å²) in [4.78, 5) is 21.5. The highest BCUT2D eigenvalue weighted by molar-refractivity contribution is 5.78. The van der Waals surface area contributed by atoms with Crippen LogP contribution < -0.4 is 5.32 Å². The van der Waals surface area contributed by atoms with E-state index in [4.69, 9.17) is 4.74 Å². The lowest BCUT2D eigenvalue weighted by molar-refractivity contribution is -0.139. The van der Waals surface area contributed by atoms with Crippen LogP contribution in [0.2, 0.25) is 0 Å². The minimum atomic E-state index is 0.0347. The Hall–Kier alpha value is -1.69. The lowest BCUT2D eigenvalue weighted by Crippen LogP contribution is -2.57. The molecule has 1 aromatic heterocycles. The summed E-state index contributed by atoms with van der Waals surface area (Å²) in [6, 6.07) is 2.21. The molecule has 0 aromatic carbocycles. The summed E-state index contributed by atoms with van der Waals surface area (Å²) in [6.45, 7) is 3.61. The van der Waals surface area contributed by atoms with Gasteiger partial charge in [0.05, 0.1) is 6.04 Å². The predicted octanol–water partition coefficient (Wildman–Crippen LogP) is 0.308. The topological polar surface area (TPSA) is 67.4 Å². The second-order valence-corrected chi connectivity index (χ2v) is 4.32. The minimum Gasteiger partial charge on any atom is -0.375 e. The Balaban J connectivity index is 1.81. The third kappa shape index (κ3) is 2.95. The Kier molecular flexibility index (Phi) is 4.09. The Morgan fingerprint density at radius 3 is 3.00 bits per heavy atom. The number of hydrogen-bond donors (Lipinski definition) is 1. The third-order valence-corrected chi connectivity index (χ3v) is 2.94. The zero-order valence-corrected chi connectivity index (χ0v) is 10.7. The Labute approximate surface area is 106 Å². The SMILES string of the molecule is CCc1cc(NC2CN(C(=O)COC)C2)ncn1. The number of hydrogen-bond acceptors (Lipinski definition) is 5. The molecule has 0 aliphatic carbocycles. The van der Waals surface area contributed by atoms with E-state index in [1.54, 1.807) is 11.2 Å². The summed E-state index contributed by atoms with van der Waals surface area (Å²) in [5.41, 5.74) is 1.01. The van der Waals surface area contributed by atoms with E-state index in [-0.39, 0.29) is 18.6 Å². The Morgan fingerprint density at radius 2 is 2.33 bits per heavy atom. The van der Waals surface area contributed by atoms with Crippen molar-refractivity contribution in [2.24, 2.45) is 0 Å². The van der Waals surface area contributed by atoms with E-state index in [0.717, 1.165) is 17.9 Å². The first kappa shape index (κ1) is 12.8. The van der Waals surface area contributed by atoms with Crippen LogP contribution in [0.4, 0.5) is 5.82 Å². The first-order chi connectivity index (χ1) is 8.72. The van der Waals surface area contributed by atoms with Gasteiger partial charge in [-0.2, -0.15) is 0 Å². The zero-order valence-electron chi connectivity index (χ0n) is 10.7. The molecule has 0 unspecified atom stereocenters. The van der Waals surface area contributed by atoms with Gasteiger partial charge >= 0.3 is 0 Å². The van der Waals surface area contributed by atoms with Crippen molar-refractivity contribution in [3.8, 4) is 0 Å². The average Bonchev–Trinajstić information content (AvgIpc) is 2.33. The van der Waals surface area contributed by atoms with Gasteiger partial charge in [-0.25, -0.2) is 9.97 Å². The van der Waals surface area contributed by atoms with E-state index in [1.165, 1.54) is 7.11 Å². The second kappa shape index (κ2) is 5.77. The first-order valence-corrected chi connectivity index (χ1v) is 6.07. The van der Waals surface area contributed by atoms with Crippen molar-refractivity contribution in [1.29, 1.82) is 0 Å². The number of likely N-dealkylation sites (tertiary alicyclic amines) is 1. The first-order valence-electron chi connectivity index (χ1n) is 6.07. The van der Waals surface area contributed by atoms with Crippen LogP contribution in [0.5, 0.6) is 0 Å². The highest BCUT2D eigenvalue weighted by atomic mass is 16.5. The van der Waals surface area contributed by atoms with Gasteiger partial charge in [0.15, 0.2) is 0 Å². The molecule has 6 nitrogen and oxygen atoms in total. The molecule has 1 aliphatic rings. The van der Waals surface area contributed by atoms with Crippen LogP contribution in [0.15, 0.2) is 12.4 Å². The average molecular weight is 250 g/mol. The molecule has 1 saturated heterocycles. The molecule has 2 rings (SSSR count). The maximum atomic E-state index is 11.5. The van der Waals surface area contributed by atoms with Crippen LogP contribution >= 0.6 is 0 Å². The van der Waals surface area contributed by atoms with Gasteiger partial charge in [-0.3, -0.25) is 4.79 Å². The number of methoxy groups -OCH3 is 1. The van der Waals surface area contributed by atoms with E-state index >= 15 is 0 Å². The van der Waals surface area contributed by atoms with Gasteiger partial charge < -0.3 is 15.0 Å². The normalized spacial score (nSPS) is 15.3. The van der Waals surface area contributed by atoms with Gasteiger partial charge in [0.25, 0.3) is 0 Å². The fourth-order valence-electron chi connectivity index (χ4n) is 1.87. The highest BCUT2D eigenvalue weighted by Gasteiger charge is 2.30. The molecule has 1 aliphatic heterocycles. The van der Waals surface area contributed by atoms with Crippen LogP contribution in [0.1, 0.15) is 12.6 Å². The van der Waals surface area contributed by atoms with Gasteiger partial charge in [0.1, 0.15) is 18.8 Å². The van der Waals surface area contributed by atoms with Crippen molar-refractivity contribution < 1.29 is 9.53 Å². The molecule has 1 fully saturated rings. The fraction of sp³-hybridized carbons (Fsp3) is 0.583. The monoisotopic (exact) mass is 250 g/mol. The molecule has 18 heavy (non-hydrogen) atoms. The molecular formula is C12H18N4O2. The van der Waals surface area contributed by atoms with Crippen molar-refractivity contribution in [2.45, 2.75) is 19.4 Å². The standard InChI is InChI=1S/C12H18N4O2/c1-3-9-4-11(14-8-13-9)15-10-5-16(6-10)12(17)7-18-2/h4,8,10H,3,5-7H2,1-2H3,(H,13,14,15). The van der Waals surface area contributed by atoms with Crippen molar-refractivity contribution >= 4 is 11.7 Å². The summed E-state index contributed by atoms with van der Waals surface area (Å²) in [5, 5.41) is 3.29. The Bertz CT molecular complexity index is 418. The van der Waals surface area contributed by atoms with E-state index in [2.05, 4.69) is 22.2 Å². The summed E-state index contributed by atoms with van der Waals surface area (Å²) >= 11 is 0. The third-order valence-electron chi connectivity index (χ3n) is 2.94. The molecule has 0 spiro atoms. The van der Waals surface area contributed by atoms with E-state index in [1.807, 2.05) is 6.07 Å². The Morgan fingerprint density at radius 1 is 1.56 bits per heavy atom. The predicted molar refractivity (Wildman–Crippen MR) is 67.3 cm³/mol. The molecule has 6 heteroatoms. The molecule has 98 valence electrons. The summed E-state index contributed by atoms with van der Waals surface area (Å²) in [7, 11) is 1.53. The van der Waals surface area contributed by atoms with Gasteiger partial charge in [0.2, 0.25) is 5.91 Å². The number of nitrogens with zero attached hydrogens (tertiary/aromatic N) is 3. The number of anilines is 1. The zero-order chi connectivity index (χ0) is 13.0. The molecule has 0 radical (unpaired) electrons. The van der Waals surface area contributed by atoms with Gasteiger partial charge in [0, 0.05) is 32.0 Å². The number of rotatable bonds is 5. The van der Waals surface area contributed by atoms with Crippen molar-refractivity contribution in [3.05, 3.63) is 18.1 Å². The van der Waals surface area contributed by atoms with Crippen LogP contribution in [0, 0.1) is 0 Å². The molecule has 1 aromatic rings. The number of amides is 1. The fourth-order valence-corrected chi connectivity index (χ4v) is 1.87. The number of carbonyl (C=O) groups excluding carboxylic acids is 1. The quantitative estimate of drug-likeness (QED) is 0.814. The smallest absolute Gasteiger partial charge is 0.248 e. The molecule has 1 N–H and O–H groups in total. The molecule has 0 saturated carbocycles. The molecule has 2 heterocycles. The largest absolute Gasteiger partial charge is 0.375 e. The maximum Gasteiger partial charge on any atom is 0.248 e. The minimum absolute atomic E-state index is 0.0347. The number of carbonyl (C=O) groups is 1. The van der Waals surface area contributed by atoms with Gasteiger partial charge in [-0.05, 0) is 6.42 Å². The lowest BCUT2D eigenvalue weighted by Gasteiger charge is -2.39. The van der Waals surface area contributed by atoms with E-state index < -0.39 is 0 Å². The lowest BCUT2D eigenvalue weighted by atomic mass is 10.1. The van der Waals surface area contributed by atoms with E-state index in [9.17, 15) is 4.79 Å². The summed E-state index contributed by atoms with van der Waals surface area (Å²) in [6.07, 6.45) is 2.45. The van der Waals surface area contributed by atoms with Crippen molar-refractivity contribution in [2.75, 3.05) is 32.1 Å². The van der Waals surface area contributed by atoms with Gasteiger partial charge in [-0.15, -0.1) is 0 Å². The summed E-state index contributed by atoms with van der Waals surface area (Å²) < 4.78 is 4.81. The van der Waals surface area contributed by atoms with Crippen molar-refractivity contribution in [1.82, 2.24) is 14.9 Å². The van der Waals surface area contributed by atoms with E-state index in [0.29, 0.717) is 13.1 Å². The maximum absolute atomic E-state index is 11.5. The number of aryl methyl sites for hydroxylation is 1. The number of nitrogens with one attached hydrogen (secondary N) is 1. The van der Waals surface area contributed by atoms with Crippen molar-refractivity contribution in [3.63, 3.8) is 0 Å². The molecule has 0 atom stereocenters. The number of aromatic nitrogens is 2. The van der Waals surface area contributed by atoms with Crippen LogP contribution in [-0.2, 0) is 16.0 Å². The van der Waals surface area contributed by atoms with Gasteiger partial charge in [-0.1, -0.05) is 6.92 Å². The van der Waals surface area contributed by atoms with Crippen LogP contribution in [-0.4, -0.2) is 53.6 Å². The highest BCUT2D eigenvalue weighted by Crippen LogP contribution is 2.14. The molecule has 1 amide bonds. The number of ether oxygens (including phenoxy) is 1. The molecule has 0 bridgehead atoms.